The van der Waals surface area contributed by atoms with Crippen LogP contribution in [0.3, 0.4) is 0 Å². The van der Waals surface area contributed by atoms with Crippen LogP contribution in [0.25, 0.3) is 0 Å². The van der Waals surface area contributed by atoms with Gasteiger partial charge in [0, 0.05) is 38.6 Å². The minimum Gasteiger partial charge on any atom is -0.440 e. The second kappa shape index (κ2) is 9.89. The van der Waals surface area contributed by atoms with Crippen molar-refractivity contribution >= 4 is 40.9 Å². The van der Waals surface area contributed by atoms with Gasteiger partial charge in [-0.3, -0.25) is 9.69 Å². The van der Waals surface area contributed by atoms with Crippen LogP contribution < -0.4 is 0 Å². The quantitative estimate of drug-likeness (QED) is 0.638. The lowest BCUT2D eigenvalue weighted by molar-refractivity contribution is -0.248. The Morgan fingerprint density at radius 3 is 2.69 bits per heavy atom. The molecule has 0 amide bonds. The summed E-state index contributed by atoms with van der Waals surface area (Å²) in [4.78, 5) is 46.3. The molecule has 8 nitrogen and oxygen atoms in total. The third-order valence-electron chi connectivity index (χ3n) is 5.88. The molecule has 2 saturated heterocycles. The van der Waals surface area contributed by atoms with E-state index in [0.717, 1.165) is 18.9 Å². The minimum absolute atomic E-state index is 0.0415. The van der Waals surface area contributed by atoms with Crippen molar-refractivity contribution in [2.45, 2.75) is 50.5 Å². The third-order valence-corrected chi connectivity index (χ3v) is 6.62. The van der Waals surface area contributed by atoms with E-state index in [-0.39, 0.29) is 24.3 Å². The molecule has 0 bridgehead atoms. The van der Waals surface area contributed by atoms with Gasteiger partial charge in [0.05, 0.1) is 21.7 Å². The lowest BCUT2D eigenvalue weighted by Gasteiger charge is -2.35. The number of fused-ring (bicyclic) bond motifs is 1. The number of ketones is 1. The monoisotopic (exact) mass is 482 g/mol. The van der Waals surface area contributed by atoms with Gasteiger partial charge < -0.3 is 14.7 Å². The average molecular weight is 483 g/mol. The van der Waals surface area contributed by atoms with Gasteiger partial charge in [0.25, 0.3) is 0 Å². The summed E-state index contributed by atoms with van der Waals surface area (Å²) in [5.41, 5.74) is 0.519. The zero-order chi connectivity index (χ0) is 22.8. The molecule has 3 aliphatic heterocycles. The number of piperidine rings is 1. The molecule has 1 aromatic rings. The van der Waals surface area contributed by atoms with Crippen molar-refractivity contribution in [1.29, 1.82) is 0 Å². The summed E-state index contributed by atoms with van der Waals surface area (Å²) < 4.78 is 5.46. The molecule has 0 aromatic heterocycles. The van der Waals surface area contributed by atoms with Crippen LogP contribution in [0.1, 0.15) is 31.2 Å². The first-order chi connectivity index (χ1) is 15.3. The minimum atomic E-state index is -1.07. The van der Waals surface area contributed by atoms with Crippen LogP contribution in [0.5, 0.6) is 0 Å². The van der Waals surface area contributed by atoms with Crippen LogP contribution in [0, 0.1) is 0 Å². The number of likely N-dealkylation sites (tertiary alicyclic amines) is 1. The molecule has 3 atom stereocenters. The Labute approximate surface area is 195 Å². The van der Waals surface area contributed by atoms with E-state index >= 15 is 0 Å². The summed E-state index contributed by atoms with van der Waals surface area (Å²) >= 11 is 12.0. The number of Topliss-reactive ketones (excluding diaryl/α,β-unsaturated/α-hetero) is 1. The van der Waals surface area contributed by atoms with E-state index in [9.17, 15) is 19.5 Å². The van der Waals surface area contributed by atoms with Crippen LogP contribution >= 0.6 is 23.2 Å². The number of carbonyl (C=O) groups is 3. The van der Waals surface area contributed by atoms with Crippen LogP contribution in [0.15, 0.2) is 29.8 Å². The number of nitrogens with zero attached hydrogens (tertiary/aromatic N) is 2. The molecule has 0 aliphatic carbocycles. The number of hydrogen-bond acceptors (Lipinski definition) is 8. The van der Waals surface area contributed by atoms with Crippen molar-refractivity contribution in [1.82, 2.24) is 9.96 Å². The molecule has 10 heteroatoms. The number of β-amino-alcohol motifs (C(OH)–C–C–N with tert-alkyl or cyclic N) is 1. The topological polar surface area (TPSA) is 96.4 Å². The normalized spacial score (nSPS) is 27.4. The molecule has 0 radical (unpaired) electrons. The van der Waals surface area contributed by atoms with Gasteiger partial charge in [-0.2, -0.15) is 0 Å². The molecule has 1 N–H and O–H groups in total. The molecule has 0 saturated carbocycles. The Kier molecular flexibility index (Phi) is 7.17. The summed E-state index contributed by atoms with van der Waals surface area (Å²) in [5, 5.41) is 12.1. The fourth-order valence-electron chi connectivity index (χ4n) is 4.32. The highest BCUT2D eigenvalue weighted by Crippen LogP contribution is 2.28. The maximum atomic E-state index is 13.4. The molecule has 172 valence electrons. The van der Waals surface area contributed by atoms with Gasteiger partial charge in [0.1, 0.15) is 6.04 Å². The predicted molar refractivity (Wildman–Crippen MR) is 116 cm³/mol. The standard InChI is InChI=1S/C22H24Cl2N2O6/c23-16-5-4-13(9-17(16)24)10-18(28)21(25-8-6-14(27)12-25)15-11-20(29)31-19-3-1-2-7-26(19)32-22(15)30/h4-5,9,11,14,19,21,27H,1-3,6-8,10,12H2/b15-11-. The first-order valence-electron chi connectivity index (χ1n) is 10.6. The zero-order valence-electron chi connectivity index (χ0n) is 17.3. The van der Waals surface area contributed by atoms with Crippen molar-refractivity contribution in [2.75, 3.05) is 19.6 Å². The SMILES string of the molecule is O=C1/C=C(/C(C(=O)Cc2ccc(Cl)c(Cl)c2)N2CCC(O)C2)C(=O)ON2CCCCC2O1. The number of halogens is 2. The number of aliphatic hydroxyl groups excluding tert-OH is 1. The molecule has 3 unspecified atom stereocenters. The first kappa shape index (κ1) is 23.2. The van der Waals surface area contributed by atoms with E-state index in [0.29, 0.717) is 41.5 Å². The highest BCUT2D eigenvalue weighted by atomic mass is 35.5. The lowest BCUT2D eigenvalue weighted by Crippen LogP contribution is -2.49. The summed E-state index contributed by atoms with van der Waals surface area (Å²) in [6.45, 7) is 1.04. The van der Waals surface area contributed by atoms with E-state index < -0.39 is 30.3 Å². The van der Waals surface area contributed by atoms with E-state index in [1.807, 2.05) is 0 Å². The van der Waals surface area contributed by atoms with Gasteiger partial charge in [-0.15, -0.1) is 0 Å². The number of hydroxylamine groups is 2. The van der Waals surface area contributed by atoms with Crippen LogP contribution in [-0.2, 0) is 30.4 Å². The summed E-state index contributed by atoms with van der Waals surface area (Å²) in [7, 11) is 0. The fraction of sp³-hybridized carbons (Fsp3) is 0.500. The number of carbonyl (C=O) groups excluding carboxylic acids is 3. The second-order valence-corrected chi connectivity index (χ2v) is 9.05. The Balaban J connectivity index is 1.64. The largest absolute Gasteiger partial charge is 0.440 e. The number of benzene rings is 1. The van der Waals surface area contributed by atoms with Crippen molar-refractivity contribution in [2.24, 2.45) is 0 Å². The van der Waals surface area contributed by atoms with Crippen LogP contribution in [0.4, 0.5) is 0 Å². The summed E-state index contributed by atoms with van der Waals surface area (Å²) in [5.74, 6) is -1.78. The Morgan fingerprint density at radius 1 is 1.16 bits per heavy atom. The van der Waals surface area contributed by atoms with Gasteiger partial charge >= 0.3 is 11.9 Å². The average Bonchev–Trinajstić information content (AvgIpc) is 3.16. The molecular formula is C22H24Cl2N2O6. The van der Waals surface area contributed by atoms with E-state index in [2.05, 4.69) is 0 Å². The molecule has 3 heterocycles. The Bertz CT molecular complexity index is 952. The Hall–Kier alpha value is -1.97. The van der Waals surface area contributed by atoms with Gasteiger partial charge in [-0.1, -0.05) is 34.3 Å². The van der Waals surface area contributed by atoms with E-state index in [1.54, 1.807) is 23.1 Å². The number of hydrogen-bond donors (Lipinski definition) is 1. The second-order valence-electron chi connectivity index (χ2n) is 8.24. The van der Waals surface area contributed by atoms with E-state index in [1.165, 1.54) is 5.06 Å². The van der Waals surface area contributed by atoms with Crippen LogP contribution in [0.2, 0.25) is 10.0 Å². The highest BCUT2D eigenvalue weighted by molar-refractivity contribution is 6.42. The van der Waals surface area contributed by atoms with Crippen LogP contribution in [-0.4, -0.2) is 70.8 Å². The molecule has 0 spiro atoms. The number of aliphatic hydroxyl groups is 1. The van der Waals surface area contributed by atoms with E-state index in [4.69, 9.17) is 32.8 Å². The summed E-state index contributed by atoms with van der Waals surface area (Å²) in [6.07, 6.45) is 2.45. The van der Waals surface area contributed by atoms with Gasteiger partial charge in [-0.05, 0) is 37.0 Å². The van der Waals surface area contributed by atoms with Crippen molar-refractivity contribution < 1.29 is 29.1 Å². The van der Waals surface area contributed by atoms with Crippen molar-refractivity contribution in [3.8, 4) is 0 Å². The molecule has 2 fully saturated rings. The molecule has 1 aromatic carbocycles. The fourth-order valence-corrected chi connectivity index (χ4v) is 4.65. The van der Waals surface area contributed by atoms with Gasteiger partial charge in [-0.25, -0.2) is 9.59 Å². The molecule has 3 aliphatic rings. The highest BCUT2D eigenvalue weighted by Gasteiger charge is 2.41. The third kappa shape index (κ3) is 5.15. The van der Waals surface area contributed by atoms with Gasteiger partial charge in [0.15, 0.2) is 12.0 Å². The van der Waals surface area contributed by atoms with Gasteiger partial charge in [0.2, 0.25) is 0 Å². The lowest BCUT2D eigenvalue weighted by atomic mass is 9.95. The molecule has 4 rings (SSSR count). The number of rotatable bonds is 5. The Morgan fingerprint density at radius 2 is 1.97 bits per heavy atom. The molecular weight excluding hydrogens is 459 g/mol. The van der Waals surface area contributed by atoms with Crippen molar-refractivity contribution in [3.05, 3.63) is 45.5 Å². The maximum Gasteiger partial charge on any atom is 0.355 e. The zero-order valence-corrected chi connectivity index (χ0v) is 18.8. The van der Waals surface area contributed by atoms with Crippen molar-refractivity contribution in [3.63, 3.8) is 0 Å². The number of esters is 1. The number of ether oxygens (including phenoxy) is 1. The molecule has 32 heavy (non-hydrogen) atoms. The smallest absolute Gasteiger partial charge is 0.355 e. The first-order valence-corrected chi connectivity index (χ1v) is 11.4. The predicted octanol–water partition coefficient (Wildman–Crippen LogP) is 2.29. The maximum absolute atomic E-state index is 13.4. The summed E-state index contributed by atoms with van der Waals surface area (Å²) in [6, 6.07) is 3.80.